The number of benzene rings is 3. The molecule has 0 saturated heterocycles. The number of carbonyl (C=O) groups excluding carboxylic acids is 2. The lowest BCUT2D eigenvalue weighted by molar-refractivity contribution is -0.123. The van der Waals surface area contributed by atoms with E-state index in [2.05, 4.69) is 15.6 Å². The molecule has 0 aliphatic heterocycles. The maximum Gasteiger partial charge on any atom is 0.258 e. The molecule has 4 rings (SSSR count). The van der Waals surface area contributed by atoms with Crippen LogP contribution in [0.15, 0.2) is 72.9 Å². The highest BCUT2D eigenvalue weighted by molar-refractivity contribution is 6.35. The van der Waals surface area contributed by atoms with E-state index in [1.54, 1.807) is 42.5 Å². The highest BCUT2D eigenvalue weighted by Gasteiger charge is 2.24. The van der Waals surface area contributed by atoms with Gasteiger partial charge in [0.2, 0.25) is 5.91 Å². The Kier molecular flexibility index (Phi) is 7.12. The van der Waals surface area contributed by atoms with Crippen LogP contribution in [0, 0.1) is 5.82 Å². The molecule has 35 heavy (non-hydrogen) atoms. The Balaban J connectivity index is 1.59. The molecule has 0 saturated carbocycles. The first kappa shape index (κ1) is 24.0. The van der Waals surface area contributed by atoms with Gasteiger partial charge in [0, 0.05) is 29.8 Å². The van der Waals surface area contributed by atoms with Crippen LogP contribution in [0.5, 0.6) is 11.5 Å². The molecule has 178 valence electrons. The normalized spacial score (nSPS) is 11.6. The van der Waals surface area contributed by atoms with Gasteiger partial charge in [-0.2, -0.15) is 0 Å². The average Bonchev–Trinajstić information content (AvgIpc) is 2.84. The molecule has 0 bridgehead atoms. The maximum atomic E-state index is 14.0. The van der Waals surface area contributed by atoms with E-state index in [-0.39, 0.29) is 29.3 Å². The zero-order valence-electron chi connectivity index (χ0n) is 18.6. The minimum atomic E-state index is -0.923. The average molecular weight is 494 g/mol. The number of pyridine rings is 1. The van der Waals surface area contributed by atoms with Crippen molar-refractivity contribution >= 4 is 40.0 Å². The quantitative estimate of drug-likeness (QED) is 0.337. The number of nitrogens with one attached hydrogen (secondary N) is 2. The number of halogens is 2. The zero-order chi connectivity index (χ0) is 24.9. The molecule has 2 amide bonds. The van der Waals surface area contributed by atoms with Crippen LogP contribution in [-0.4, -0.2) is 28.5 Å². The number of hydrogen-bond donors (Lipinski definition) is 3. The monoisotopic (exact) mass is 493 g/mol. The Bertz CT molecular complexity index is 1400. The molecule has 1 aromatic heterocycles. The molecule has 0 aliphatic carbocycles. The largest absolute Gasteiger partial charge is 0.505 e. The van der Waals surface area contributed by atoms with E-state index in [1.807, 2.05) is 0 Å². The Morgan fingerprint density at radius 3 is 2.60 bits per heavy atom. The smallest absolute Gasteiger partial charge is 0.258 e. The Morgan fingerprint density at radius 1 is 1.11 bits per heavy atom. The fourth-order valence-corrected chi connectivity index (χ4v) is 3.91. The Labute approximate surface area is 205 Å². The lowest BCUT2D eigenvalue weighted by Crippen LogP contribution is -2.33. The summed E-state index contributed by atoms with van der Waals surface area (Å²) in [6, 6.07) is 16.2. The highest BCUT2D eigenvalue weighted by Crippen LogP contribution is 2.38. The molecule has 3 aromatic carbocycles. The number of hydrogen-bond acceptors (Lipinski definition) is 5. The van der Waals surface area contributed by atoms with Crippen molar-refractivity contribution in [2.24, 2.45) is 0 Å². The number of carbonyl (C=O) groups is 2. The molecular formula is C26H21ClFN3O4. The van der Waals surface area contributed by atoms with Crippen LogP contribution in [0.1, 0.15) is 24.1 Å². The van der Waals surface area contributed by atoms with Gasteiger partial charge in [0.1, 0.15) is 22.8 Å². The van der Waals surface area contributed by atoms with Crippen molar-refractivity contribution in [3.63, 3.8) is 0 Å². The Morgan fingerprint density at radius 2 is 1.89 bits per heavy atom. The van der Waals surface area contributed by atoms with Gasteiger partial charge in [-0.25, -0.2) is 4.39 Å². The first-order valence-corrected chi connectivity index (χ1v) is 11.0. The topological polar surface area (TPSA) is 101 Å². The molecule has 0 radical (unpaired) electrons. The van der Waals surface area contributed by atoms with Crippen LogP contribution < -0.4 is 15.4 Å². The van der Waals surface area contributed by atoms with Crippen LogP contribution in [0.4, 0.5) is 10.1 Å². The summed E-state index contributed by atoms with van der Waals surface area (Å²) in [5.41, 5.74) is 1.53. The van der Waals surface area contributed by atoms with Crippen molar-refractivity contribution in [2.45, 2.75) is 13.0 Å². The molecule has 1 heterocycles. The summed E-state index contributed by atoms with van der Waals surface area (Å²) in [6.07, 6.45) is 1.52. The molecule has 9 heteroatoms. The summed E-state index contributed by atoms with van der Waals surface area (Å²) in [5.74, 6) is -0.969. The van der Waals surface area contributed by atoms with Gasteiger partial charge in [0.25, 0.3) is 5.91 Å². The lowest BCUT2D eigenvalue weighted by Gasteiger charge is -2.22. The van der Waals surface area contributed by atoms with Gasteiger partial charge >= 0.3 is 0 Å². The van der Waals surface area contributed by atoms with Gasteiger partial charge in [0.15, 0.2) is 6.61 Å². The van der Waals surface area contributed by atoms with E-state index >= 15 is 0 Å². The number of amides is 2. The van der Waals surface area contributed by atoms with Crippen LogP contribution in [-0.2, 0) is 9.59 Å². The lowest BCUT2D eigenvalue weighted by atomic mass is 9.96. The minimum Gasteiger partial charge on any atom is -0.505 e. The van der Waals surface area contributed by atoms with Gasteiger partial charge in [-0.1, -0.05) is 23.7 Å². The summed E-state index contributed by atoms with van der Waals surface area (Å²) < 4.78 is 19.6. The van der Waals surface area contributed by atoms with Gasteiger partial charge < -0.3 is 20.5 Å². The molecule has 7 nitrogen and oxygen atoms in total. The molecule has 1 atom stereocenters. The Hall–Kier alpha value is -4.17. The van der Waals surface area contributed by atoms with Crippen LogP contribution in [0.25, 0.3) is 10.9 Å². The van der Waals surface area contributed by atoms with E-state index < -0.39 is 17.8 Å². The van der Waals surface area contributed by atoms with Crippen molar-refractivity contribution in [2.75, 3.05) is 11.9 Å². The molecule has 0 spiro atoms. The molecular weight excluding hydrogens is 473 g/mol. The fourth-order valence-electron chi connectivity index (χ4n) is 3.64. The van der Waals surface area contributed by atoms with Crippen LogP contribution in [0.2, 0.25) is 5.02 Å². The van der Waals surface area contributed by atoms with E-state index in [9.17, 15) is 19.1 Å². The first-order valence-electron chi connectivity index (χ1n) is 10.6. The number of phenolic OH excluding ortho intramolecular Hbond substituents is 1. The molecule has 0 fully saturated rings. The number of nitrogens with zero attached hydrogens (tertiary/aromatic N) is 1. The summed E-state index contributed by atoms with van der Waals surface area (Å²) >= 11 is 6.43. The number of rotatable bonds is 7. The van der Waals surface area contributed by atoms with Crippen LogP contribution >= 0.6 is 11.6 Å². The van der Waals surface area contributed by atoms with Crippen molar-refractivity contribution < 1.29 is 23.8 Å². The van der Waals surface area contributed by atoms with Gasteiger partial charge in [-0.15, -0.1) is 0 Å². The standard InChI is InChI=1S/C26H21ClFN3O4/c1-15(32)30-18-7-9-19(10-8-18)35-14-23(33)31-24(16-4-2-5-17(28)12-16)21-13-22(27)20-6-3-11-29-25(20)26(21)34/h2-13,24,34H,14H2,1H3,(H,30,32)(H,31,33). The molecule has 4 aromatic rings. The summed E-state index contributed by atoms with van der Waals surface area (Å²) in [4.78, 5) is 28.2. The second kappa shape index (κ2) is 10.4. The molecule has 3 N–H and O–H groups in total. The van der Waals surface area contributed by atoms with Crippen LogP contribution in [0.3, 0.4) is 0 Å². The third-order valence-corrected chi connectivity index (χ3v) is 5.50. The third kappa shape index (κ3) is 5.67. The molecule has 0 aliphatic rings. The summed E-state index contributed by atoms with van der Waals surface area (Å²) in [7, 11) is 0. The number of aromatic hydroxyl groups is 1. The SMILES string of the molecule is CC(=O)Nc1ccc(OCC(=O)NC(c2cccc(F)c2)c2cc(Cl)c3cccnc3c2O)cc1. The van der Waals surface area contributed by atoms with Gasteiger partial charge in [-0.3, -0.25) is 14.6 Å². The van der Waals surface area contributed by atoms with E-state index in [4.69, 9.17) is 16.3 Å². The molecule has 1 unspecified atom stereocenters. The van der Waals surface area contributed by atoms with Gasteiger partial charge in [-0.05, 0) is 60.2 Å². The maximum absolute atomic E-state index is 14.0. The third-order valence-electron chi connectivity index (χ3n) is 5.19. The predicted octanol–water partition coefficient (Wildman–Crippen LogP) is 4.98. The van der Waals surface area contributed by atoms with Gasteiger partial charge in [0.05, 0.1) is 11.1 Å². The summed E-state index contributed by atoms with van der Waals surface area (Å²) in [5, 5.41) is 17.3. The van der Waals surface area contributed by atoms with Crippen molar-refractivity contribution in [3.8, 4) is 11.5 Å². The number of phenols is 1. The number of fused-ring (bicyclic) bond motifs is 1. The second-order valence-electron chi connectivity index (χ2n) is 7.75. The number of aromatic nitrogens is 1. The first-order chi connectivity index (χ1) is 16.8. The number of anilines is 1. The summed E-state index contributed by atoms with van der Waals surface area (Å²) in [6.45, 7) is 1.06. The van der Waals surface area contributed by atoms with Crippen molar-refractivity contribution in [1.29, 1.82) is 0 Å². The number of ether oxygens (including phenoxy) is 1. The van der Waals surface area contributed by atoms with E-state index in [0.29, 0.717) is 27.4 Å². The highest BCUT2D eigenvalue weighted by atomic mass is 35.5. The van der Waals surface area contributed by atoms with E-state index in [1.165, 1.54) is 37.4 Å². The zero-order valence-corrected chi connectivity index (χ0v) is 19.3. The van der Waals surface area contributed by atoms with E-state index in [0.717, 1.165) is 0 Å². The predicted molar refractivity (Wildman–Crippen MR) is 131 cm³/mol. The second-order valence-corrected chi connectivity index (χ2v) is 8.15. The van der Waals surface area contributed by atoms with Crippen molar-refractivity contribution in [1.82, 2.24) is 10.3 Å². The minimum absolute atomic E-state index is 0.172. The van der Waals surface area contributed by atoms with Crippen molar-refractivity contribution in [3.05, 3.63) is 94.9 Å². The fraction of sp³-hybridized carbons (Fsp3) is 0.115.